The van der Waals surface area contributed by atoms with Crippen LogP contribution in [0.25, 0.3) is 0 Å². The van der Waals surface area contributed by atoms with E-state index in [-0.39, 0.29) is 43.0 Å². The fourth-order valence-electron chi connectivity index (χ4n) is 5.55. The molecule has 2 atom stereocenters. The smallest absolute Gasteiger partial charge is 0.264 e. The van der Waals surface area contributed by atoms with Crippen molar-refractivity contribution in [3.05, 3.63) is 59.7 Å². The fraction of sp³-hybridized carbons (Fsp3) is 0.657. The quantitative estimate of drug-likeness (QED) is 0.0543. The molecule has 292 valence electrons. The Morgan fingerprint density at radius 2 is 1.00 bits per heavy atom. The summed E-state index contributed by atoms with van der Waals surface area (Å²) in [5, 5.41) is 27.7. The van der Waals surface area contributed by atoms with Gasteiger partial charge in [0.25, 0.3) is 20.2 Å². The minimum absolute atomic E-state index is 0.0665. The summed E-state index contributed by atoms with van der Waals surface area (Å²) in [6.07, 6.45) is -1.07. The number of nitrogens with one attached hydrogen (secondary N) is 2. The van der Waals surface area contributed by atoms with Crippen molar-refractivity contribution in [1.29, 1.82) is 0 Å². The number of likely N-dealkylation sites (N-methyl/N-ethyl adjacent to an activating group) is 2. The Hall–Kier alpha value is -2.38. The number of hydrogen-bond donors (Lipinski definition) is 6. The van der Waals surface area contributed by atoms with Crippen LogP contribution in [0.3, 0.4) is 0 Å². The van der Waals surface area contributed by atoms with E-state index in [1.54, 1.807) is 0 Å². The normalized spacial score (nSPS) is 13.8. The molecular formula is C35H60N4O10S2. The van der Waals surface area contributed by atoms with Crippen LogP contribution in [0.15, 0.2) is 48.5 Å². The lowest BCUT2D eigenvalue weighted by Gasteiger charge is -2.27. The van der Waals surface area contributed by atoms with Crippen LogP contribution in [0.1, 0.15) is 51.7 Å². The molecule has 0 aliphatic heterocycles. The molecule has 0 fully saturated rings. The summed E-state index contributed by atoms with van der Waals surface area (Å²) in [5.74, 6) is 0.568. The molecule has 2 unspecified atom stereocenters. The predicted octanol–water partition coefficient (Wildman–Crippen LogP) is 1.87. The molecule has 0 radical (unpaired) electrons. The average molecular weight is 761 g/mol. The van der Waals surface area contributed by atoms with Gasteiger partial charge in [0.1, 0.15) is 36.9 Å². The van der Waals surface area contributed by atoms with Crippen LogP contribution in [0.4, 0.5) is 0 Å². The van der Waals surface area contributed by atoms with Crippen LogP contribution in [0.2, 0.25) is 0 Å². The number of aliphatic hydroxyl groups is 2. The molecule has 0 aliphatic rings. The van der Waals surface area contributed by atoms with Crippen molar-refractivity contribution in [3.8, 4) is 11.5 Å². The van der Waals surface area contributed by atoms with Gasteiger partial charge in [0.15, 0.2) is 0 Å². The highest BCUT2D eigenvalue weighted by Gasteiger charge is 2.24. The fourth-order valence-corrected chi connectivity index (χ4v) is 6.53. The standard InChI is InChI=1S/C35H60N4O10S2/c1-5-36-17-21-38(19-7-23-50(42,43)44)25-31(40)27-48-33-13-9-29(10-14-33)35(3,4)30-11-15-34(16-12-30)49-28-32(41)26-39(22-18-37-6-2)20-8-24-51(45,46)47/h9-16,31-32,36-37,40-41H,5-8,17-28H2,1-4H3,(H,42,43,44)(H,45,46,47). The van der Waals surface area contributed by atoms with Crippen LogP contribution in [-0.2, 0) is 25.7 Å². The number of benzene rings is 2. The maximum Gasteiger partial charge on any atom is 0.264 e. The molecule has 0 bridgehead atoms. The van der Waals surface area contributed by atoms with Crippen molar-refractivity contribution < 1.29 is 45.6 Å². The summed E-state index contributed by atoms with van der Waals surface area (Å²) in [7, 11) is -8.07. The van der Waals surface area contributed by atoms with Gasteiger partial charge in [0, 0.05) is 44.7 Å². The lowest BCUT2D eigenvalue weighted by Crippen LogP contribution is -2.40. The molecule has 51 heavy (non-hydrogen) atoms. The van der Waals surface area contributed by atoms with Crippen LogP contribution < -0.4 is 20.1 Å². The van der Waals surface area contributed by atoms with Gasteiger partial charge >= 0.3 is 0 Å². The van der Waals surface area contributed by atoms with Crippen LogP contribution in [0.5, 0.6) is 11.5 Å². The summed E-state index contributed by atoms with van der Waals surface area (Å²) in [6.45, 7) is 14.0. The third kappa shape index (κ3) is 19.3. The van der Waals surface area contributed by atoms with Gasteiger partial charge in [-0.25, -0.2) is 0 Å². The van der Waals surface area contributed by atoms with E-state index < -0.39 is 32.4 Å². The minimum Gasteiger partial charge on any atom is -0.491 e. The van der Waals surface area contributed by atoms with Gasteiger partial charge in [-0.15, -0.1) is 0 Å². The van der Waals surface area contributed by atoms with Crippen LogP contribution in [0, 0.1) is 0 Å². The molecule has 0 heterocycles. The number of nitrogens with zero attached hydrogens (tertiary/aromatic N) is 2. The minimum atomic E-state index is -4.03. The second-order valence-corrected chi connectivity index (χ2v) is 16.3. The van der Waals surface area contributed by atoms with E-state index >= 15 is 0 Å². The third-order valence-corrected chi connectivity index (χ3v) is 10.0. The molecule has 16 heteroatoms. The third-order valence-electron chi connectivity index (χ3n) is 8.44. The van der Waals surface area contributed by atoms with Gasteiger partial charge in [-0.1, -0.05) is 52.0 Å². The molecule has 6 N–H and O–H groups in total. The molecule has 0 spiro atoms. The van der Waals surface area contributed by atoms with Gasteiger partial charge in [0.2, 0.25) is 0 Å². The number of hydrogen-bond acceptors (Lipinski definition) is 12. The molecule has 14 nitrogen and oxygen atoms in total. The summed E-state index contributed by atoms with van der Waals surface area (Å²) < 4.78 is 74.2. The Balaban J connectivity index is 1.90. The molecule has 2 rings (SSSR count). The zero-order valence-electron chi connectivity index (χ0n) is 30.5. The highest BCUT2D eigenvalue weighted by Crippen LogP contribution is 2.33. The van der Waals surface area contributed by atoms with Gasteiger partial charge in [-0.05, 0) is 74.4 Å². The zero-order valence-corrected chi connectivity index (χ0v) is 32.2. The summed E-state index contributed by atoms with van der Waals surface area (Å²) in [6, 6.07) is 15.4. The number of rotatable bonds is 28. The first-order valence-electron chi connectivity index (χ1n) is 17.6. The van der Waals surface area contributed by atoms with Crippen LogP contribution >= 0.6 is 0 Å². The van der Waals surface area contributed by atoms with Gasteiger partial charge in [0.05, 0.1) is 11.5 Å². The predicted molar refractivity (Wildman–Crippen MR) is 200 cm³/mol. The SMILES string of the molecule is CCNCCN(CCCS(=O)(=O)O)CC(O)COc1ccc(C(C)(C)c2ccc(OCC(O)CN(CCCS(=O)(=O)O)CCNCC)cc2)cc1. The van der Waals surface area contributed by atoms with Crippen molar-refractivity contribution in [2.24, 2.45) is 0 Å². The van der Waals surface area contributed by atoms with E-state index in [9.17, 15) is 27.0 Å². The maximum absolute atomic E-state index is 11.1. The van der Waals surface area contributed by atoms with Gasteiger partial charge < -0.3 is 30.3 Å². The van der Waals surface area contributed by atoms with E-state index in [0.29, 0.717) is 63.9 Å². The summed E-state index contributed by atoms with van der Waals surface area (Å²) in [5.41, 5.74) is 1.76. The Labute approximate surface area is 305 Å². The molecule has 0 saturated carbocycles. The molecule has 0 aromatic heterocycles. The average Bonchev–Trinajstić information content (AvgIpc) is 3.05. The molecule has 2 aromatic rings. The van der Waals surface area contributed by atoms with E-state index in [1.807, 2.05) is 72.2 Å². The van der Waals surface area contributed by atoms with Crippen molar-refractivity contribution in [2.45, 2.75) is 58.2 Å². The van der Waals surface area contributed by atoms with Gasteiger partial charge in [-0.2, -0.15) is 16.8 Å². The lowest BCUT2D eigenvalue weighted by molar-refractivity contribution is 0.0684. The summed E-state index contributed by atoms with van der Waals surface area (Å²) >= 11 is 0. The van der Waals surface area contributed by atoms with Crippen molar-refractivity contribution in [1.82, 2.24) is 20.4 Å². The molecule has 2 aromatic carbocycles. The first-order chi connectivity index (χ1) is 24.0. The molecular weight excluding hydrogens is 701 g/mol. The maximum atomic E-state index is 11.1. The second kappa shape index (κ2) is 22.6. The molecule has 0 amide bonds. The first-order valence-corrected chi connectivity index (χ1v) is 20.8. The highest BCUT2D eigenvalue weighted by atomic mass is 32.2. The van der Waals surface area contributed by atoms with E-state index in [1.165, 1.54) is 0 Å². The first kappa shape index (κ1) is 44.8. The Morgan fingerprint density at radius 1 is 0.647 bits per heavy atom. The number of ether oxygens (including phenoxy) is 2. The van der Waals surface area contributed by atoms with Crippen molar-refractivity contribution in [2.75, 3.05) is 90.2 Å². The van der Waals surface area contributed by atoms with E-state index in [2.05, 4.69) is 24.5 Å². The Bertz CT molecular complexity index is 1350. The molecule has 0 saturated heterocycles. The van der Waals surface area contributed by atoms with E-state index in [0.717, 1.165) is 24.2 Å². The monoisotopic (exact) mass is 760 g/mol. The second-order valence-electron chi connectivity index (χ2n) is 13.2. The summed E-state index contributed by atoms with van der Waals surface area (Å²) in [4.78, 5) is 3.90. The van der Waals surface area contributed by atoms with Crippen molar-refractivity contribution in [3.63, 3.8) is 0 Å². The topological polar surface area (TPSA) is 198 Å². The van der Waals surface area contributed by atoms with Gasteiger partial charge in [-0.3, -0.25) is 18.9 Å². The highest BCUT2D eigenvalue weighted by molar-refractivity contribution is 7.86. The largest absolute Gasteiger partial charge is 0.491 e. The Kier molecular flexibility index (Phi) is 19.9. The molecule has 0 aliphatic carbocycles. The zero-order chi connectivity index (χ0) is 37.9. The van der Waals surface area contributed by atoms with E-state index in [4.69, 9.17) is 18.6 Å². The van der Waals surface area contributed by atoms with Crippen molar-refractivity contribution >= 4 is 20.2 Å². The van der Waals surface area contributed by atoms with Crippen LogP contribution in [-0.4, -0.2) is 148 Å². The Morgan fingerprint density at radius 3 is 1.31 bits per heavy atom. The number of aliphatic hydroxyl groups excluding tert-OH is 2. The lowest BCUT2D eigenvalue weighted by atomic mass is 9.78.